The third-order valence-corrected chi connectivity index (χ3v) is 3.81. The van der Waals surface area contributed by atoms with Crippen LogP contribution in [0.4, 0.5) is 0 Å². The van der Waals surface area contributed by atoms with E-state index in [9.17, 15) is 13.2 Å². The molecule has 94 valence electrons. The van der Waals surface area contributed by atoms with Gasteiger partial charge in [0.05, 0.1) is 11.8 Å². The molecule has 0 saturated heterocycles. The molecule has 1 rings (SSSR count). The molecule has 0 aliphatic carbocycles. The van der Waals surface area contributed by atoms with Crippen LogP contribution in [-0.2, 0) is 20.6 Å². The van der Waals surface area contributed by atoms with Crippen LogP contribution in [-0.4, -0.2) is 20.2 Å². The molecule has 4 nitrogen and oxygen atoms in total. The van der Waals surface area contributed by atoms with Gasteiger partial charge >= 0.3 is 0 Å². The van der Waals surface area contributed by atoms with Crippen LogP contribution in [0, 0.1) is 0 Å². The van der Waals surface area contributed by atoms with Gasteiger partial charge in [0, 0.05) is 6.42 Å². The van der Waals surface area contributed by atoms with E-state index in [4.69, 9.17) is 0 Å². The highest BCUT2D eigenvalue weighted by Gasteiger charge is 2.19. The molecule has 0 aromatic heterocycles. The van der Waals surface area contributed by atoms with E-state index in [0.717, 1.165) is 0 Å². The van der Waals surface area contributed by atoms with Crippen molar-refractivity contribution in [1.82, 2.24) is 4.72 Å². The molecule has 0 aliphatic rings. The van der Waals surface area contributed by atoms with Gasteiger partial charge in [0.25, 0.3) is 0 Å². The number of hydrogen-bond acceptors (Lipinski definition) is 3. The van der Waals surface area contributed by atoms with Crippen LogP contribution in [0.5, 0.6) is 0 Å². The standard InChI is InChI=1S/C12H17NO3S/c1-3-12(14)10(2)13-17(15,16)9-11-7-5-4-6-8-11/h4-8,10,13H,3,9H2,1-2H3. The first-order valence-corrected chi connectivity index (χ1v) is 7.16. The highest BCUT2D eigenvalue weighted by atomic mass is 32.2. The Kier molecular flexibility index (Phi) is 4.84. The molecule has 1 aromatic carbocycles. The number of carbonyl (C=O) groups excluding carboxylic acids is 1. The minimum atomic E-state index is -3.46. The van der Waals surface area contributed by atoms with Crippen LogP contribution >= 0.6 is 0 Å². The van der Waals surface area contributed by atoms with E-state index < -0.39 is 16.1 Å². The minimum absolute atomic E-state index is 0.102. The topological polar surface area (TPSA) is 63.2 Å². The van der Waals surface area contributed by atoms with Crippen molar-refractivity contribution < 1.29 is 13.2 Å². The van der Waals surface area contributed by atoms with E-state index in [-0.39, 0.29) is 11.5 Å². The Morgan fingerprint density at radius 1 is 1.29 bits per heavy atom. The number of ketones is 1. The van der Waals surface area contributed by atoms with Crippen molar-refractivity contribution in [3.8, 4) is 0 Å². The first-order valence-electron chi connectivity index (χ1n) is 5.51. The Labute approximate surface area is 102 Å². The summed E-state index contributed by atoms with van der Waals surface area (Å²) in [6, 6.07) is 8.22. The monoisotopic (exact) mass is 255 g/mol. The lowest BCUT2D eigenvalue weighted by molar-refractivity contribution is -0.119. The third-order valence-electron chi connectivity index (χ3n) is 2.39. The molecule has 0 aliphatic heterocycles. The zero-order valence-electron chi connectivity index (χ0n) is 10.0. The maximum Gasteiger partial charge on any atom is 0.216 e. The predicted molar refractivity (Wildman–Crippen MR) is 67.0 cm³/mol. The number of rotatable bonds is 6. The van der Waals surface area contributed by atoms with Crippen LogP contribution in [0.3, 0.4) is 0 Å². The Morgan fingerprint density at radius 2 is 1.88 bits per heavy atom. The van der Waals surface area contributed by atoms with Gasteiger partial charge < -0.3 is 0 Å². The van der Waals surface area contributed by atoms with Gasteiger partial charge in [0.1, 0.15) is 5.78 Å². The van der Waals surface area contributed by atoms with Crippen LogP contribution in [0.2, 0.25) is 0 Å². The SMILES string of the molecule is CCC(=O)C(C)NS(=O)(=O)Cc1ccccc1. The van der Waals surface area contributed by atoms with E-state index >= 15 is 0 Å². The van der Waals surface area contributed by atoms with Crippen molar-refractivity contribution in [1.29, 1.82) is 0 Å². The lowest BCUT2D eigenvalue weighted by Crippen LogP contribution is -2.38. The molecule has 0 radical (unpaired) electrons. The Hall–Kier alpha value is -1.20. The van der Waals surface area contributed by atoms with Crippen LogP contribution in [0.15, 0.2) is 30.3 Å². The average Bonchev–Trinajstić information content (AvgIpc) is 2.27. The van der Waals surface area contributed by atoms with E-state index in [1.54, 1.807) is 38.1 Å². The quantitative estimate of drug-likeness (QED) is 0.837. The molecule has 0 bridgehead atoms. The summed E-state index contributed by atoms with van der Waals surface area (Å²) in [4.78, 5) is 11.3. The van der Waals surface area contributed by atoms with Crippen molar-refractivity contribution in [2.45, 2.75) is 32.1 Å². The van der Waals surface area contributed by atoms with Gasteiger partial charge in [-0.3, -0.25) is 4.79 Å². The van der Waals surface area contributed by atoms with Crippen molar-refractivity contribution in [3.05, 3.63) is 35.9 Å². The minimum Gasteiger partial charge on any atom is -0.298 e. The Balaban J connectivity index is 2.67. The van der Waals surface area contributed by atoms with E-state index in [1.165, 1.54) is 0 Å². The van der Waals surface area contributed by atoms with Gasteiger partial charge in [0.2, 0.25) is 10.0 Å². The Morgan fingerprint density at radius 3 is 2.41 bits per heavy atom. The number of Topliss-reactive ketones (excluding diaryl/α,β-unsaturated/α-hetero) is 1. The molecule has 5 heteroatoms. The fourth-order valence-corrected chi connectivity index (χ4v) is 2.86. The smallest absolute Gasteiger partial charge is 0.216 e. The highest BCUT2D eigenvalue weighted by molar-refractivity contribution is 7.88. The molecule has 0 saturated carbocycles. The summed E-state index contributed by atoms with van der Waals surface area (Å²) in [6.07, 6.45) is 0.328. The highest BCUT2D eigenvalue weighted by Crippen LogP contribution is 2.05. The maximum atomic E-state index is 11.8. The molecule has 0 fully saturated rings. The zero-order chi connectivity index (χ0) is 12.9. The van der Waals surface area contributed by atoms with Crippen LogP contribution in [0.25, 0.3) is 0 Å². The lowest BCUT2D eigenvalue weighted by atomic mass is 10.2. The Bertz CT molecular complexity index is 468. The van der Waals surface area contributed by atoms with Gasteiger partial charge in [-0.2, -0.15) is 0 Å². The second kappa shape index (κ2) is 5.93. The summed E-state index contributed by atoms with van der Waals surface area (Å²) in [5, 5.41) is 0. The molecule has 0 amide bonds. The summed E-state index contributed by atoms with van der Waals surface area (Å²) >= 11 is 0. The number of benzene rings is 1. The zero-order valence-corrected chi connectivity index (χ0v) is 10.8. The third kappa shape index (κ3) is 4.66. The van der Waals surface area contributed by atoms with Crippen molar-refractivity contribution >= 4 is 15.8 Å². The van der Waals surface area contributed by atoms with Gasteiger partial charge in [-0.05, 0) is 12.5 Å². The first kappa shape index (κ1) is 13.9. The largest absolute Gasteiger partial charge is 0.298 e. The number of carbonyl (C=O) groups is 1. The summed E-state index contributed by atoms with van der Waals surface area (Å²) in [5.74, 6) is -0.212. The molecule has 17 heavy (non-hydrogen) atoms. The van der Waals surface area contributed by atoms with Gasteiger partial charge in [0.15, 0.2) is 0 Å². The van der Waals surface area contributed by atoms with Gasteiger partial charge in [-0.25, -0.2) is 13.1 Å². The number of nitrogens with one attached hydrogen (secondary N) is 1. The molecule has 1 atom stereocenters. The maximum absolute atomic E-state index is 11.8. The predicted octanol–water partition coefficient (Wildman–Crippen LogP) is 1.47. The summed E-state index contributed by atoms with van der Waals surface area (Å²) in [5.41, 5.74) is 0.705. The van der Waals surface area contributed by atoms with E-state index in [0.29, 0.717) is 12.0 Å². The van der Waals surface area contributed by atoms with Gasteiger partial charge in [-0.1, -0.05) is 37.3 Å². The van der Waals surface area contributed by atoms with Crippen LogP contribution in [0.1, 0.15) is 25.8 Å². The molecular weight excluding hydrogens is 238 g/mol. The van der Waals surface area contributed by atoms with Gasteiger partial charge in [-0.15, -0.1) is 0 Å². The lowest BCUT2D eigenvalue weighted by Gasteiger charge is -2.12. The molecule has 1 unspecified atom stereocenters. The summed E-state index contributed by atoms with van der Waals surface area (Å²) in [6.45, 7) is 3.28. The second-order valence-electron chi connectivity index (χ2n) is 3.90. The van der Waals surface area contributed by atoms with Crippen molar-refractivity contribution in [2.75, 3.05) is 0 Å². The molecule has 1 aromatic rings. The normalized spacial score (nSPS) is 13.3. The average molecular weight is 255 g/mol. The van der Waals surface area contributed by atoms with E-state index in [2.05, 4.69) is 4.72 Å². The van der Waals surface area contributed by atoms with Crippen LogP contribution < -0.4 is 4.72 Å². The molecule has 0 heterocycles. The second-order valence-corrected chi connectivity index (χ2v) is 5.66. The number of sulfonamides is 1. The summed E-state index contributed by atoms with van der Waals surface area (Å²) in [7, 11) is -3.46. The molecule has 1 N–H and O–H groups in total. The van der Waals surface area contributed by atoms with E-state index in [1.807, 2.05) is 6.07 Å². The first-order chi connectivity index (χ1) is 7.94. The molecular formula is C12H17NO3S. The van der Waals surface area contributed by atoms with Crippen molar-refractivity contribution in [3.63, 3.8) is 0 Å². The fraction of sp³-hybridized carbons (Fsp3) is 0.417. The number of hydrogen-bond donors (Lipinski definition) is 1. The fourth-order valence-electron chi connectivity index (χ4n) is 1.48. The van der Waals surface area contributed by atoms with Crippen molar-refractivity contribution in [2.24, 2.45) is 0 Å². The summed E-state index contributed by atoms with van der Waals surface area (Å²) < 4.78 is 25.9. The molecule has 0 spiro atoms.